The number of likely N-dealkylation sites (tertiary alicyclic amines) is 1. The molecule has 0 amide bonds. The van der Waals surface area contributed by atoms with Crippen LogP contribution in [0.1, 0.15) is 56.7 Å². The molecule has 3 aliphatic rings. The standard InChI is InChI=1S/C25H35N3O2/c1-25(9-10-25)17-26-24-18-7-5-8-20(18)27-21-16-23(22(29-2)15-19(21)24)30-14-6-13-28-11-3-4-12-28/h15-16H,3-14,17H2,1-2H3,(H,26,27). The number of hydrogen-bond donors (Lipinski definition) is 1. The third-order valence-corrected chi connectivity index (χ3v) is 7.17. The van der Waals surface area contributed by atoms with Crippen LogP contribution >= 0.6 is 0 Å². The highest BCUT2D eigenvalue weighted by Crippen LogP contribution is 2.46. The quantitative estimate of drug-likeness (QED) is 0.602. The van der Waals surface area contributed by atoms with Gasteiger partial charge in [-0.3, -0.25) is 4.98 Å². The van der Waals surface area contributed by atoms with Crippen molar-refractivity contribution >= 4 is 16.6 Å². The average Bonchev–Trinajstić information content (AvgIpc) is 3.14. The van der Waals surface area contributed by atoms with E-state index in [1.54, 1.807) is 7.11 Å². The zero-order chi connectivity index (χ0) is 20.6. The molecule has 2 fully saturated rings. The van der Waals surface area contributed by atoms with Crippen molar-refractivity contribution in [2.45, 2.75) is 58.3 Å². The lowest BCUT2D eigenvalue weighted by atomic mass is 10.0. The smallest absolute Gasteiger partial charge is 0.163 e. The normalized spacial score (nSPS) is 19.8. The molecule has 2 aromatic rings. The summed E-state index contributed by atoms with van der Waals surface area (Å²) in [7, 11) is 1.73. The van der Waals surface area contributed by atoms with Crippen molar-refractivity contribution in [1.82, 2.24) is 9.88 Å². The summed E-state index contributed by atoms with van der Waals surface area (Å²) in [5.41, 5.74) is 5.43. The van der Waals surface area contributed by atoms with Crippen LogP contribution in [0, 0.1) is 5.41 Å². The van der Waals surface area contributed by atoms with Crippen LogP contribution in [0.2, 0.25) is 0 Å². The van der Waals surface area contributed by atoms with Crippen LogP contribution < -0.4 is 14.8 Å². The first kappa shape index (κ1) is 19.9. The first-order chi connectivity index (χ1) is 14.6. The van der Waals surface area contributed by atoms with E-state index in [0.29, 0.717) is 12.0 Å². The molecule has 5 nitrogen and oxygen atoms in total. The molecule has 0 atom stereocenters. The topological polar surface area (TPSA) is 46.6 Å². The fourth-order valence-electron chi connectivity index (χ4n) is 4.91. The molecular formula is C25H35N3O2. The molecule has 2 aliphatic carbocycles. The van der Waals surface area contributed by atoms with E-state index in [-0.39, 0.29) is 0 Å². The number of methoxy groups -OCH3 is 1. The van der Waals surface area contributed by atoms with Gasteiger partial charge in [-0.25, -0.2) is 0 Å². The maximum absolute atomic E-state index is 6.17. The number of nitrogens with zero attached hydrogens (tertiary/aromatic N) is 2. The van der Waals surface area contributed by atoms with Crippen molar-refractivity contribution in [3.8, 4) is 11.5 Å². The zero-order valence-electron chi connectivity index (χ0n) is 18.6. The second-order valence-electron chi connectivity index (χ2n) is 9.70. The molecule has 0 bridgehead atoms. The summed E-state index contributed by atoms with van der Waals surface area (Å²) in [5.74, 6) is 1.63. The van der Waals surface area contributed by atoms with Gasteiger partial charge in [0.15, 0.2) is 11.5 Å². The zero-order valence-corrected chi connectivity index (χ0v) is 18.6. The number of aryl methyl sites for hydroxylation is 1. The molecule has 1 saturated carbocycles. The highest BCUT2D eigenvalue weighted by atomic mass is 16.5. The number of hydrogen-bond acceptors (Lipinski definition) is 5. The number of nitrogens with one attached hydrogen (secondary N) is 1. The van der Waals surface area contributed by atoms with E-state index < -0.39 is 0 Å². The molecule has 1 aromatic heterocycles. The molecule has 2 heterocycles. The number of aromatic nitrogens is 1. The van der Waals surface area contributed by atoms with Gasteiger partial charge >= 0.3 is 0 Å². The Kier molecular flexibility index (Phi) is 5.48. The van der Waals surface area contributed by atoms with E-state index in [2.05, 4.69) is 29.3 Å². The Morgan fingerprint density at radius 2 is 1.93 bits per heavy atom. The molecular weight excluding hydrogens is 374 g/mol. The second-order valence-corrected chi connectivity index (χ2v) is 9.70. The molecule has 0 unspecified atom stereocenters. The third kappa shape index (κ3) is 4.09. The van der Waals surface area contributed by atoms with E-state index in [4.69, 9.17) is 14.5 Å². The van der Waals surface area contributed by atoms with Gasteiger partial charge < -0.3 is 19.7 Å². The number of benzene rings is 1. The fraction of sp³-hybridized carbons (Fsp3) is 0.640. The van der Waals surface area contributed by atoms with Crippen molar-refractivity contribution in [3.05, 3.63) is 23.4 Å². The number of anilines is 1. The first-order valence-corrected chi connectivity index (χ1v) is 11.8. The van der Waals surface area contributed by atoms with Crippen LogP contribution in [0.4, 0.5) is 5.69 Å². The summed E-state index contributed by atoms with van der Waals surface area (Å²) in [6.45, 7) is 7.72. The van der Waals surface area contributed by atoms with E-state index in [9.17, 15) is 0 Å². The van der Waals surface area contributed by atoms with Gasteiger partial charge in [-0.2, -0.15) is 0 Å². The Bertz CT molecular complexity index is 916. The molecule has 162 valence electrons. The Morgan fingerprint density at radius 3 is 2.70 bits per heavy atom. The Labute approximate surface area is 180 Å². The molecule has 5 heteroatoms. The maximum Gasteiger partial charge on any atom is 0.163 e. The summed E-state index contributed by atoms with van der Waals surface area (Å²) in [5, 5.41) is 4.97. The van der Waals surface area contributed by atoms with E-state index in [1.165, 1.54) is 67.5 Å². The Hall–Kier alpha value is -2.01. The monoisotopic (exact) mass is 409 g/mol. The molecule has 5 rings (SSSR count). The van der Waals surface area contributed by atoms with Gasteiger partial charge in [0.25, 0.3) is 0 Å². The van der Waals surface area contributed by atoms with Crippen LogP contribution in [0.5, 0.6) is 11.5 Å². The summed E-state index contributed by atoms with van der Waals surface area (Å²) >= 11 is 0. The number of rotatable bonds is 9. The largest absolute Gasteiger partial charge is 0.493 e. The van der Waals surface area contributed by atoms with Gasteiger partial charge in [0, 0.05) is 35.9 Å². The lowest BCUT2D eigenvalue weighted by Crippen LogP contribution is -2.21. The molecule has 1 saturated heterocycles. The van der Waals surface area contributed by atoms with Crippen molar-refractivity contribution in [2.75, 3.05) is 45.2 Å². The number of pyridine rings is 1. The predicted molar refractivity (Wildman–Crippen MR) is 122 cm³/mol. The summed E-state index contributed by atoms with van der Waals surface area (Å²) in [6.07, 6.45) is 9.76. The maximum atomic E-state index is 6.17. The van der Waals surface area contributed by atoms with Gasteiger partial charge in [-0.15, -0.1) is 0 Å². The molecule has 0 spiro atoms. The fourth-order valence-corrected chi connectivity index (χ4v) is 4.91. The van der Waals surface area contributed by atoms with Gasteiger partial charge in [-0.1, -0.05) is 6.92 Å². The van der Waals surface area contributed by atoms with Crippen molar-refractivity contribution in [2.24, 2.45) is 5.41 Å². The van der Waals surface area contributed by atoms with Crippen LogP contribution in [0.25, 0.3) is 10.9 Å². The Morgan fingerprint density at radius 1 is 1.10 bits per heavy atom. The van der Waals surface area contributed by atoms with Crippen LogP contribution in [0.15, 0.2) is 12.1 Å². The van der Waals surface area contributed by atoms with Gasteiger partial charge in [-0.05, 0) is 81.5 Å². The lowest BCUT2D eigenvalue weighted by Gasteiger charge is -2.19. The van der Waals surface area contributed by atoms with Crippen molar-refractivity contribution < 1.29 is 9.47 Å². The van der Waals surface area contributed by atoms with Crippen LogP contribution in [-0.4, -0.2) is 49.8 Å². The predicted octanol–water partition coefficient (Wildman–Crippen LogP) is 4.81. The minimum absolute atomic E-state index is 0.462. The minimum atomic E-state index is 0.462. The van der Waals surface area contributed by atoms with E-state index in [1.807, 2.05) is 0 Å². The summed E-state index contributed by atoms with van der Waals surface area (Å²) < 4.78 is 11.9. The highest BCUT2D eigenvalue weighted by Gasteiger charge is 2.37. The summed E-state index contributed by atoms with van der Waals surface area (Å²) in [6, 6.07) is 4.22. The van der Waals surface area contributed by atoms with Crippen molar-refractivity contribution in [1.29, 1.82) is 0 Å². The lowest BCUT2D eigenvalue weighted by molar-refractivity contribution is 0.254. The van der Waals surface area contributed by atoms with Gasteiger partial charge in [0.2, 0.25) is 0 Å². The van der Waals surface area contributed by atoms with Gasteiger partial charge in [0.05, 0.1) is 19.2 Å². The average molecular weight is 410 g/mol. The molecule has 1 N–H and O–H groups in total. The molecule has 1 aliphatic heterocycles. The number of ether oxygens (including phenoxy) is 2. The highest BCUT2D eigenvalue weighted by molar-refractivity contribution is 5.96. The van der Waals surface area contributed by atoms with E-state index >= 15 is 0 Å². The first-order valence-electron chi connectivity index (χ1n) is 11.8. The molecule has 30 heavy (non-hydrogen) atoms. The molecule has 1 aromatic carbocycles. The van der Waals surface area contributed by atoms with Crippen LogP contribution in [-0.2, 0) is 12.8 Å². The minimum Gasteiger partial charge on any atom is -0.493 e. The van der Waals surface area contributed by atoms with E-state index in [0.717, 1.165) is 49.4 Å². The van der Waals surface area contributed by atoms with Gasteiger partial charge in [0.1, 0.15) is 0 Å². The second kappa shape index (κ2) is 8.26. The summed E-state index contributed by atoms with van der Waals surface area (Å²) in [4.78, 5) is 7.55. The number of fused-ring (bicyclic) bond motifs is 2. The third-order valence-electron chi connectivity index (χ3n) is 7.17. The molecule has 0 radical (unpaired) electrons. The SMILES string of the molecule is COc1cc2c(NCC3(C)CC3)c3c(nc2cc1OCCCN1CCCC1)CCC3. The van der Waals surface area contributed by atoms with Crippen LogP contribution in [0.3, 0.4) is 0 Å². The van der Waals surface area contributed by atoms with Crippen molar-refractivity contribution in [3.63, 3.8) is 0 Å². The Balaban J connectivity index is 1.38.